The summed E-state index contributed by atoms with van der Waals surface area (Å²) < 4.78 is 1.54. The molecule has 2 rings (SSSR count). The number of benzene rings is 1. The Morgan fingerprint density at radius 3 is 2.74 bits per heavy atom. The van der Waals surface area contributed by atoms with Crippen LogP contribution in [0, 0.1) is 21.4 Å². The van der Waals surface area contributed by atoms with E-state index in [1.165, 1.54) is 47.0 Å². The second-order valence-corrected chi connectivity index (χ2v) is 6.51. The summed E-state index contributed by atoms with van der Waals surface area (Å²) in [5, 5.41) is 27.6. The Hall–Kier alpha value is -1.63. The third-order valence-corrected chi connectivity index (χ3v) is 5.08. The molecule has 9 heteroatoms. The van der Waals surface area contributed by atoms with Gasteiger partial charge in [0.15, 0.2) is 8.68 Å². The molecular weight excluding hydrogens is 304 g/mol. The Kier molecular flexibility index (Phi) is 4.36. The Labute approximate surface area is 121 Å². The van der Waals surface area contributed by atoms with Gasteiger partial charge in [0.2, 0.25) is 0 Å². The first-order valence-electron chi connectivity index (χ1n) is 4.88. The lowest BCUT2D eigenvalue weighted by Gasteiger charge is -2.00. The van der Waals surface area contributed by atoms with Crippen molar-refractivity contribution < 1.29 is 4.92 Å². The molecule has 1 aromatic carbocycles. The highest BCUT2D eigenvalue weighted by Gasteiger charge is 2.13. The maximum atomic E-state index is 10.6. The summed E-state index contributed by atoms with van der Waals surface area (Å²) in [7, 11) is 0. The Balaban J connectivity index is 2.30. The summed E-state index contributed by atoms with van der Waals surface area (Å²) >= 11 is 4.19. The SMILES string of the molecule is CSc1nnc(Sc2ccc([N+](=O)[O-])cc2C#N)s1. The topological polar surface area (TPSA) is 92.7 Å². The van der Waals surface area contributed by atoms with Crippen molar-refractivity contribution in [2.45, 2.75) is 13.6 Å². The number of thioether (sulfide) groups is 1. The Morgan fingerprint density at radius 2 is 2.16 bits per heavy atom. The van der Waals surface area contributed by atoms with Crippen LogP contribution in [0.3, 0.4) is 0 Å². The average molecular weight is 310 g/mol. The number of nitriles is 1. The summed E-state index contributed by atoms with van der Waals surface area (Å²) in [5.41, 5.74) is 0.170. The van der Waals surface area contributed by atoms with Crippen molar-refractivity contribution in [2.24, 2.45) is 0 Å². The monoisotopic (exact) mass is 310 g/mol. The number of hydrogen-bond donors (Lipinski definition) is 0. The maximum Gasteiger partial charge on any atom is 0.270 e. The van der Waals surface area contributed by atoms with Gasteiger partial charge in [-0.15, -0.1) is 10.2 Å². The summed E-state index contributed by atoms with van der Waals surface area (Å²) in [6, 6.07) is 6.15. The second kappa shape index (κ2) is 6.01. The molecule has 0 fully saturated rings. The zero-order valence-corrected chi connectivity index (χ0v) is 12.0. The van der Waals surface area contributed by atoms with Crippen molar-refractivity contribution in [1.29, 1.82) is 5.26 Å². The number of rotatable bonds is 4. The van der Waals surface area contributed by atoms with Gasteiger partial charge in [0.25, 0.3) is 5.69 Å². The summed E-state index contributed by atoms with van der Waals surface area (Å²) in [6.45, 7) is 0. The van der Waals surface area contributed by atoms with Crippen LogP contribution in [0.25, 0.3) is 0 Å². The predicted octanol–water partition coefficient (Wildman–Crippen LogP) is 3.19. The predicted molar refractivity (Wildman–Crippen MR) is 73.6 cm³/mol. The summed E-state index contributed by atoms with van der Waals surface area (Å²) in [5.74, 6) is 0. The van der Waals surface area contributed by atoms with Crippen LogP contribution in [0.2, 0.25) is 0 Å². The van der Waals surface area contributed by atoms with Crippen LogP contribution >= 0.6 is 34.9 Å². The fourth-order valence-corrected chi connectivity index (χ4v) is 3.68. The first kappa shape index (κ1) is 13.8. The van der Waals surface area contributed by atoms with E-state index in [4.69, 9.17) is 5.26 Å². The molecule has 0 aliphatic carbocycles. The minimum Gasteiger partial charge on any atom is -0.258 e. The molecule has 0 bridgehead atoms. The highest BCUT2D eigenvalue weighted by atomic mass is 32.2. The van der Waals surface area contributed by atoms with Gasteiger partial charge in [0, 0.05) is 17.0 Å². The normalized spacial score (nSPS) is 10.1. The third kappa shape index (κ3) is 3.23. The molecule has 1 heterocycles. The van der Waals surface area contributed by atoms with Gasteiger partial charge in [0.1, 0.15) is 6.07 Å². The highest BCUT2D eigenvalue weighted by Crippen LogP contribution is 2.35. The van der Waals surface area contributed by atoms with Gasteiger partial charge in [-0.25, -0.2) is 0 Å². The van der Waals surface area contributed by atoms with E-state index in [1.807, 2.05) is 12.3 Å². The largest absolute Gasteiger partial charge is 0.270 e. The lowest BCUT2D eigenvalue weighted by atomic mass is 10.2. The summed E-state index contributed by atoms with van der Waals surface area (Å²) in [6.07, 6.45) is 1.90. The van der Waals surface area contributed by atoms with E-state index >= 15 is 0 Å². The fraction of sp³-hybridized carbons (Fsp3) is 0.100. The van der Waals surface area contributed by atoms with Crippen LogP contribution in [0.4, 0.5) is 5.69 Å². The van der Waals surface area contributed by atoms with E-state index in [-0.39, 0.29) is 11.3 Å². The number of hydrogen-bond acceptors (Lipinski definition) is 8. The van der Waals surface area contributed by atoms with Crippen LogP contribution in [0.1, 0.15) is 5.56 Å². The minimum absolute atomic E-state index is 0.0945. The quantitative estimate of drug-likeness (QED) is 0.486. The molecule has 0 aliphatic heterocycles. The molecule has 0 amide bonds. The Bertz CT molecular complexity index is 665. The minimum atomic E-state index is -0.522. The Morgan fingerprint density at radius 1 is 1.42 bits per heavy atom. The van der Waals surface area contributed by atoms with Crippen LogP contribution < -0.4 is 0 Å². The standard InChI is InChI=1S/C10H6N4O2S3/c1-17-9-12-13-10(19-9)18-8-3-2-7(14(15)16)4-6(8)5-11/h2-4H,1H3. The summed E-state index contributed by atoms with van der Waals surface area (Å²) in [4.78, 5) is 10.8. The lowest BCUT2D eigenvalue weighted by Crippen LogP contribution is -1.90. The van der Waals surface area contributed by atoms with Crippen molar-refractivity contribution in [3.05, 3.63) is 33.9 Å². The van der Waals surface area contributed by atoms with Crippen LogP contribution in [0.5, 0.6) is 0 Å². The molecule has 2 aromatic rings. The number of nitrogens with zero attached hydrogens (tertiary/aromatic N) is 4. The molecular formula is C10H6N4O2S3. The molecule has 0 atom stereocenters. The molecule has 0 spiro atoms. The zero-order valence-electron chi connectivity index (χ0n) is 9.56. The second-order valence-electron chi connectivity index (χ2n) is 3.19. The smallest absolute Gasteiger partial charge is 0.258 e. The van der Waals surface area contributed by atoms with Gasteiger partial charge in [-0.1, -0.05) is 34.9 Å². The average Bonchev–Trinajstić information content (AvgIpc) is 2.86. The molecule has 6 nitrogen and oxygen atoms in total. The van der Waals surface area contributed by atoms with Crippen molar-refractivity contribution in [2.75, 3.05) is 6.26 Å². The lowest BCUT2D eigenvalue weighted by molar-refractivity contribution is -0.384. The first-order chi connectivity index (χ1) is 9.13. The van der Waals surface area contributed by atoms with Crippen molar-refractivity contribution in [3.63, 3.8) is 0 Å². The van der Waals surface area contributed by atoms with Gasteiger partial charge >= 0.3 is 0 Å². The molecule has 96 valence electrons. The van der Waals surface area contributed by atoms with Crippen molar-refractivity contribution in [3.8, 4) is 6.07 Å². The van der Waals surface area contributed by atoms with E-state index < -0.39 is 4.92 Å². The van der Waals surface area contributed by atoms with E-state index in [2.05, 4.69) is 10.2 Å². The maximum absolute atomic E-state index is 10.6. The first-order valence-corrected chi connectivity index (χ1v) is 7.73. The van der Waals surface area contributed by atoms with E-state index in [0.29, 0.717) is 9.24 Å². The highest BCUT2D eigenvalue weighted by molar-refractivity contribution is 8.03. The molecule has 0 radical (unpaired) electrons. The van der Waals surface area contributed by atoms with Crippen LogP contribution in [-0.2, 0) is 0 Å². The van der Waals surface area contributed by atoms with Gasteiger partial charge in [-0.3, -0.25) is 10.1 Å². The van der Waals surface area contributed by atoms with Gasteiger partial charge in [0.05, 0.1) is 10.5 Å². The molecule has 1 aromatic heterocycles. The molecule has 0 N–H and O–H groups in total. The van der Waals surface area contributed by atoms with Crippen molar-refractivity contribution >= 4 is 40.5 Å². The van der Waals surface area contributed by atoms with Crippen LogP contribution in [0.15, 0.2) is 31.8 Å². The molecule has 19 heavy (non-hydrogen) atoms. The van der Waals surface area contributed by atoms with Gasteiger partial charge in [-0.2, -0.15) is 5.26 Å². The van der Waals surface area contributed by atoms with Crippen molar-refractivity contribution in [1.82, 2.24) is 10.2 Å². The number of nitro groups is 1. The van der Waals surface area contributed by atoms with E-state index in [0.717, 1.165) is 4.34 Å². The van der Waals surface area contributed by atoms with E-state index in [9.17, 15) is 10.1 Å². The van der Waals surface area contributed by atoms with Gasteiger partial charge < -0.3 is 0 Å². The van der Waals surface area contributed by atoms with Gasteiger partial charge in [-0.05, 0) is 12.3 Å². The number of aromatic nitrogens is 2. The van der Waals surface area contributed by atoms with E-state index in [1.54, 1.807) is 6.07 Å². The van der Waals surface area contributed by atoms with Crippen LogP contribution in [-0.4, -0.2) is 21.4 Å². The number of nitro benzene ring substituents is 1. The molecule has 0 unspecified atom stereocenters. The molecule has 0 aliphatic rings. The zero-order chi connectivity index (χ0) is 13.8. The molecule has 0 saturated carbocycles. The third-order valence-electron chi connectivity index (χ3n) is 2.05. The number of non-ortho nitro benzene ring substituents is 1. The fourth-order valence-electron chi connectivity index (χ4n) is 1.22. The molecule has 0 saturated heterocycles.